The van der Waals surface area contributed by atoms with Crippen LogP contribution in [0.3, 0.4) is 0 Å². The molecule has 2 heterocycles. The van der Waals surface area contributed by atoms with Crippen molar-refractivity contribution < 1.29 is 18.7 Å². The summed E-state index contributed by atoms with van der Waals surface area (Å²) in [5.74, 6) is -0.469. The quantitative estimate of drug-likeness (QED) is 0.752. The first kappa shape index (κ1) is 17.7. The Balaban J connectivity index is 1.46. The van der Waals surface area contributed by atoms with Gasteiger partial charge in [0.2, 0.25) is 5.91 Å². The Morgan fingerprint density at radius 2 is 2.36 bits per heavy atom. The van der Waals surface area contributed by atoms with Gasteiger partial charge in [0.05, 0.1) is 25.9 Å². The molecule has 1 aromatic carbocycles. The van der Waals surface area contributed by atoms with Crippen LogP contribution in [0.15, 0.2) is 24.5 Å². The van der Waals surface area contributed by atoms with Gasteiger partial charge in [0.1, 0.15) is 18.7 Å². The smallest absolute Gasteiger partial charge is 0.244 e. The summed E-state index contributed by atoms with van der Waals surface area (Å²) in [7, 11) is 0. The number of aromatic nitrogens is 4. The average molecular weight is 370 g/mol. The van der Waals surface area contributed by atoms with Crippen molar-refractivity contribution in [2.75, 3.05) is 26.3 Å². The second kappa shape index (κ2) is 8.32. The first-order valence-electron chi connectivity index (χ1n) is 7.73. The molecule has 25 heavy (non-hydrogen) atoms. The van der Waals surface area contributed by atoms with Crippen LogP contribution >= 0.6 is 11.6 Å². The number of carbonyl (C=O) groups is 1. The number of carbonyl (C=O) groups excluding carboxylic acids is 1. The Bertz CT molecular complexity index is 715. The maximum Gasteiger partial charge on any atom is 0.244 e. The van der Waals surface area contributed by atoms with E-state index in [0.717, 1.165) is 0 Å². The minimum Gasteiger partial charge on any atom is -0.374 e. The standard InChI is InChI=1S/C15H17ClFN5O3/c16-14-5-12(17)2-1-11(14)8-24-9-13-6-21(3-4-25-13)15(23)7-22-10-18-19-20-22/h1-2,5,10,13H,3-4,6-9H2. The first-order valence-corrected chi connectivity index (χ1v) is 8.11. The van der Waals surface area contributed by atoms with Gasteiger partial charge in [-0.3, -0.25) is 4.79 Å². The van der Waals surface area contributed by atoms with E-state index in [1.165, 1.54) is 23.1 Å². The molecule has 0 bridgehead atoms. The van der Waals surface area contributed by atoms with Crippen LogP contribution in [0.2, 0.25) is 5.02 Å². The summed E-state index contributed by atoms with van der Waals surface area (Å²) in [6.45, 7) is 2.03. The number of tetrazole rings is 1. The van der Waals surface area contributed by atoms with Gasteiger partial charge in [-0.15, -0.1) is 5.10 Å². The lowest BCUT2D eigenvalue weighted by atomic mass is 10.2. The molecular formula is C15H17ClFN5O3. The first-order chi connectivity index (χ1) is 12.1. The van der Waals surface area contributed by atoms with Crippen LogP contribution in [0.1, 0.15) is 5.56 Å². The summed E-state index contributed by atoms with van der Waals surface area (Å²) in [6.07, 6.45) is 1.16. The highest BCUT2D eigenvalue weighted by atomic mass is 35.5. The molecule has 0 spiro atoms. The number of hydrogen-bond donors (Lipinski definition) is 0. The molecule has 0 N–H and O–H groups in total. The molecule has 10 heteroatoms. The minimum atomic E-state index is -0.388. The normalized spacial score (nSPS) is 17.7. The second-order valence-corrected chi connectivity index (χ2v) is 6.00. The third-order valence-corrected chi connectivity index (χ3v) is 4.11. The van der Waals surface area contributed by atoms with Gasteiger partial charge >= 0.3 is 0 Å². The van der Waals surface area contributed by atoms with E-state index in [1.54, 1.807) is 11.0 Å². The molecule has 1 aliphatic heterocycles. The van der Waals surface area contributed by atoms with Gasteiger partial charge in [0.15, 0.2) is 0 Å². The highest BCUT2D eigenvalue weighted by Gasteiger charge is 2.24. The molecule has 0 aliphatic carbocycles. The molecule has 0 radical (unpaired) electrons. The fourth-order valence-electron chi connectivity index (χ4n) is 2.48. The fourth-order valence-corrected chi connectivity index (χ4v) is 2.70. The monoisotopic (exact) mass is 369 g/mol. The summed E-state index contributed by atoms with van der Waals surface area (Å²) in [5, 5.41) is 11.0. The van der Waals surface area contributed by atoms with E-state index in [4.69, 9.17) is 21.1 Å². The van der Waals surface area contributed by atoms with Crippen molar-refractivity contribution in [2.24, 2.45) is 0 Å². The summed E-state index contributed by atoms with van der Waals surface area (Å²) in [4.78, 5) is 13.9. The zero-order valence-electron chi connectivity index (χ0n) is 13.3. The van der Waals surface area contributed by atoms with Gasteiger partial charge in [0.25, 0.3) is 0 Å². The fraction of sp³-hybridized carbons (Fsp3) is 0.467. The van der Waals surface area contributed by atoms with Crippen LogP contribution in [0.25, 0.3) is 0 Å². The summed E-state index contributed by atoms with van der Waals surface area (Å²) >= 11 is 5.96. The maximum atomic E-state index is 13.0. The molecule has 134 valence electrons. The van der Waals surface area contributed by atoms with Crippen molar-refractivity contribution >= 4 is 17.5 Å². The second-order valence-electron chi connectivity index (χ2n) is 5.59. The molecule has 1 saturated heterocycles. The lowest BCUT2D eigenvalue weighted by Crippen LogP contribution is -2.48. The molecule has 1 aromatic heterocycles. The lowest BCUT2D eigenvalue weighted by molar-refractivity contribution is -0.142. The number of ether oxygens (including phenoxy) is 2. The Labute approximate surface area is 148 Å². The van der Waals surface area contributed by atoms with Gasteiger partial charge in [-0.25, -0.2) is 9.07 Å². The van der Waals surface area contributed by atoms with Crippen LogP contribution in [-0.4, -0.2) is 63.4 Å². The van der Waals surface area contributed by atoms with Crippen molar-refractivity contribution in [1.29, 1.82) is 0 Å². The molecule has 3 rings (SSSR count). The van der Waals surface area contributed by atoms with E-state index in [9.17, 15) is 9.18 Å². The highest BCUT2D eigenvalue weighted by Crippen LogP contribution is 2.18. The molecule has 1 unspecified atom stereocenters. The Kier molecular flexibility index (Phi) is 5.90. The molecule has 1 aliphatic rings. The summed E-state index contributed by atoms with van der Waals surface area (Å²) in [6, 6.07) is 4.17. The number of nitrogens with zero attached hydrogens (tertiary/aromatic N) is 5. The highest BCUT2D eigenvalue weighted by molar-refractivity contribution is 6.31. The van der Waals surface area contributed by atoms with Gasteiger partial charge in [0, 0.05) is 18.1 Å². The molecule has 1 amide bonds. The van der Waals surface area contributed by atoms with E-state index in [2.05, 4.69) is 15.5 Å². The van der Waals surface area contributed by atoms with E-state index in [-0.39, 0.29) is 31.0 Å². The minimum absolute atomic E-state index is 0.0813. The third-order valence-electron chi connectivity index (χ3n) is 3.76. The lowest BCUT2D eigenvalue weighted by Gasteiger charge is -2.32. The van der Waals surface area contributed by atoms with Gasteiger partial charge in [-0.1, -0.05) is 17.7 Å². The maximum absolute atomic E-state index is 13.0. The van der Waals surface area contributed by atoms with Gasteiger partial charge < -0.3 is 14.4 Å². The molecule has 2 aromatic rings. The predicted octanol–water partition coefficient (Wildman–Crippen LogP) is 0.910. The topological polar surface area (TPSA) is 82.4 Å². The van der Waals surface area contributed by atoms with Crippen molar-refractivity contribution in [3.63, 3.8) is 0 Å². The van der Waals surface area contributed by atoms with Crippen molar-refractivity contribution in [1.82, 2.24) is 25.1 Å². The molecular weight excluding hydrogens is 353 g/mol. The Morgan fingerprint density at radius 3 is 3.12 bits per heavy atom. The predicted molar refractivity (Wildman–Crippen MR) is 85.2 cm³/mol. The van der Waals surface area contributed by atoms with Gasteiger partial charge in [-0.2, -0.15) is 0 Å². The molecule has 1 atom stereocenters. The van der Waals surface area contributed by atoms with E-state index >= 15 is 0 Å². The van der Waals surface area contributed by atoms with E-state index in [0.29, 0.717) is 36.9 Å². The van der Waals surface area contributed by atoms with E-state index in [1.807, 2.05) is 0 Å². The van der Waals surface area contributed by atoms with Crippen LogP contribution in [0.4, 0.5) is 4.39 Å². The van der Waals surface area contributed by atoms with Crippen molar-refractivity contribution in [3.05, 3.63) is 40.9 Å². The number of amides is 1. The number of hydrogen-bond acceptors (Lipinski definition) is 6. The SMILES string of the molecule is O=C(Cn1cnnn1)N1CCOC(COCc2ccc(F)cc2Cl)C1. The van der Waals surface area contributed by atoms with Crippen molar-refractivity contribution in [3.8, 4) is 0 Å². The van der Waals surface area contributed by atoms with Crippen LogP contribution in [0.5, 0.6) is 0 Å². The third kappa shape index (κ3) is 4.94. The van der Waals surface area contributed by atoms with Crippen LogP contribution in [0, 0.1) is 5.82 Å². The summed E-state index contributed by atoms with van der Waals surface area (Å²) in [5.41, 5.74) is 0.700. The van der Waals surface area contributed by atoms with Gasteiger partial charge in [-0.05, 0) is 28.1 Å². The number of morpholine rings is 1. The van der Waals surface area contributed by atoms with Crippen LogP contribution < -0.4 is 0 Å². The summed E-state index contributed by atoms with van der Waals surface area (Å²) < 4.78 is 25.6. The zero-order valence-corrected chi connectivity index (χ0v) is 14.1. The van der Waals surface area contributed by atoms with Crippen molar-refractivity contribution in [2.45, 2.75) is 19.3 Å². The number of rotatable bonds is 6. The van der Waals surface area contributed by atoms with Crippen LogP contribution in [-0.2, 0) is 27.4 Å². The molecule has 8 nitrogen and oxygen atoms in total. The zero-order chi connectivity index (χ0) is 17.6. The largest absolute Gasteiger partial charge is 0.374 e. The number of halogens is 2. The molecule has 1 fully saturated rings. The van der Waals surface area contributed by atoms with E-state index < -0.39 is 0 Å². The Hall–Kier alpha value is -2.10. The Morgan fingerprint density at radius 1 is 1.48 bits per heavy atom. The average Bonchev–Trinajstić information content (AvgIpc) is 3.10. The number of benzene rings is 1. The molecule has 0 saturated carbocycles.